The number of ether oxygens (including phenoxy) is 1. The van der Waals surface area contributed by atoms with Crippen LogP contribution in [0.2, 0.25) is 0 Å². The molecule has 0 aromatic carbocycles. The van der Waals surface area contributed by atoms with Gasteiger partial charge in [-0.2, -0.15) is 5.10 Å². The summed E-state index contributed by atoms with van der Waals surface area (Å²) >= 11 is 0. The SMILES string of the molecule is Cc1cnn(CC(C)NCC(=O)N2CC(C)OC(C)C2)c1. The first-order valence-corrected chi connectivity index (χ1v) is 7.59. The minimum atomic E-state index is 0.113. The molecule has 2 rings (SSSR count). The molecule has 0 radical (unpaired) electrons. The zero-order valence-electron chi connectivity index (χ0n) is 13.4. The summed E-state index contributed by atoms with van der Waals surface area (Å²) in [6.07, 6.45) is 4.07. The maximum Gasteiger partial charge on any atom is 0.236 e. The predicted molar refractivity (Wildman–Crippen MR) is 81.0 cm³/mol. The molecule has 1 N–H and O–H groups in total. The zero-order chi connectivity index (χ0) is 15.4. The summed E-state index contributed by atoms with van der Waals surface area (Å²) in [7, 11) is 0. The lowest BCUT2D eigenvalue weighted by Crippen LogP contribution is -2.51. The molecule has 1 aliphatic heterocycles. The molecule has 3 atom stereocenters. The number of rotatable bonds is 5. The fraction of sp³-hybridized carbons (Fsp3) is 0.733. The van der Waals surface area contributed by atoms with E-state index in [2.05, 4.69) is 17.3 Å². The summed E-state index contributed by atoms with van der Waals surface area (Å²) in [6, 6.07) is 0.198. The molecule has 1 aromatic heterocycles. The van der Waals surface area contributed by atoms with E-state index < -0.39 is 0 Å². The first kappa shape index (κ1) is 16.0. The van der Waals surface area contributed by atoms with Crippen molar-refractivity contribution in [2.45, 2.75) is 52.5 Å². The fourth-order valence-corrected chi connectivity index (χ4v) is 2.67. The summed E-state index contributed by atoms with van der Waals surface area (Å²) in [6.45, 7) is 10.6. The molecule has 1 fully saturated rings. The summed E-state index contributed by atoms with van der Waals surface area (Å²) in [5.41, 5.74) is 1.15. The van der Waals surface area contributed by atoms with Gasteiger partial charge in [-0.3, -0.25) is 9.48 Å². The first-order valence-electron chi connectivity index (χ1n) is 7.59. The van der Waals surface area contributed by atoms with Gasteiger partial charge in [0.25, 0.3) is 0 Å². The van der Waals surface area contributed by atoms with E-state index in [1.54, 1.807) is 0 Å². The van der Waals surface area contributed by atoms with Crippen molar-refractivity contribution in [2.24, 2.45) is 0 Å². The van der Waals surface area contributed by atoms with Gasteiger partial charge in [0, 0.05) is 25.3 Å². The molecule has 1 amide bonds. The van der Waals surface area contributed by atoms with Crippen molar-refractivity contribution in [3.8, 4) is 0 Å². The zero-order valence-corrected chi connectivity index (χ0v) is 13.4. The molecule has 118 valence electrons. The highest BCUT2D eigenvalue weighted by Crippen LogP contribution is 2.10. The van der Waals surface area contributed by atoms with Crippen LogP contribution in [0, 0.1) is 6.92 Å². The Balaban J connectivity index is 1.75. The van der Waals surface area contributed by atoms with E-state index in [9.17, 15) is 4.79 Å². The van der Waals surface area contributed by atoms with Crippen molar-refractivity contribution in [2.75, 3.05) is 19.6 Å². The van der Waals surface area contributed by atoms with Crippen LogP contribution in [0.5, 0.6) is 0 Å². The van der Waals surface area contributed by atoms with Gasteiger partial charge in [-0.25, -0.2) is 0 Å². The molecule has 2 heterocycles. The third kappa shape index (κ3) is 4.82. The molecule has 0 bridgehead atoms. The summed E-state index contributed by atoms with van der Waals surface area (Å²) < 4.78 is 7.55. The Morgan fingerprint density at radius 3 is 2.71 bits per heavy atom. The molecule has 1 aliphatic rings. The van der Waals surface area contributed by atoms with E-state index in [0.717, 1.165) is 12.1 Å². The molecule has 1 saturated heterocycles. The van der Waals surface area contributed by atoms with E-state index in [4.69, 9.17) is 4.74 Å². The number of carbonyl (C=O) groups excluding carboxylic acids is 1. The minimum Gasteiger partial charge on any atom is -0.372 e. The third-order valence-electron chi connectivity index (χ3n) is 3.60. The number of nitrogens with one attached hydrogen (secondary N) is 1. The van der Waals surface area contributed by atoms with Gasteiger partial charge < -0.3 is 15.0 Å². The van der Waals surface area contributed by atoms with Crippen LogP contribution in [-0.2, 0) is 16.1 Å². The second-order valence-electron chi connectivity index (χ2n) is 6.08. The van der Waals surface area contributed by atoms with Gasteiger partial charge in [0.15, 0.2) is 0 Å². The van der Waals surface area contributed by atoms with E-state index in [0.29, 0.717) is 19.6 Å². The highest BCUT2D eigenvalue weighted by Gasteiger charge is 2.25. The van der Waals surface area contributed by atoms with Crippen LogP contribution in [0.3, 0.4) is 0 Å². The maximum atomic E-state index is 12.2. The van der Waals surface area contributed by atoms with Crippen molar-refractivity contribution >= 4 is 5.91 Å². The standard InChI is InChI=1S/C15H26N4O2/c1-11-5-17-19(7-11)8-12(2)16-6-15(20)18-9-13(3)21-14(4)10-18/h5,7,12-14,16H,6,8-10H2,1-4H3. The van der Waals surface area contributed by atoms with Gasteiger partial charge in [-0.15, -0.1) is 0 Å². The highest BCUT2D eigenvalue weighted by molar-refractivity contribution is 5.78. The Morgan fingerprint density at radius 2 is 2.14 bits per heavy atom. The van der Waals surface area contributed by atoms with Gasteiger partial charge in [-0.1, -0.05) is 0 Å². The third-order valence-corrected chi connectivity index (χ3v) is 3.60. The largest absolute Gasteiger partial charge is 0.372 e. The quantitative estimate of drug-likeness (QED) is 0.873. The topological polar surface area (TPSA) is 59.4 Å². The Hall–Kier alpha value is -1.40. The molecular formula is C15H26N4O2. The second kappa shape index (κ2) is 7.04. The van der Waals surface area contributed by atoms with Crippen molar-refractivity contribution in [3.05, 3.63) is 18.0 Å². The predicted octanol–water partition coefficient (Wildman–Crippen LogP) is 0.805. The van der Waals surface area contributed by atoms with Crippen LogP contribution < -0.4 is 5.32 Å². The summed E-state index contributed by atoms with van der Waals surface area (Å²) in [5, 5.41) is 7.53. The number of aromatic nitrogens is 2. The Kier molecular flexibility index (Phi) is 5.36. The molecule has 21 heavy (non-hydrogen) atoms. The van der Waals surface area contributed by atoms with Crippen LogP contribution in [0.25, 0.3) is 0 Å². The van der Waals surface area contributed by atoms with Gasteiger partial charge in [0.05, 0.1) is 31.5 Å². The molecule has 0 aliphatic carbocycles. The van der Waals surface area contributed by atoms with Crippen LogP contribution in [0.15, 0.2) is 12.4 Å². The van der Waals surface area contributed by atoms with Gasteiger partial charge in [0.2, 0.25) is 5.91 Å². The number of hydrogen-bond donors (Lipinski definition) is 1. The van der Waals surface area contributed by atoms with Gasteiger partial charge >= 0.3 is 0 Å². The highest BCUT2D eigenvalue weighted by atomic mass is 16.5. The lowest BCUT2D eigenvalue weighted by Gasteiger charge is -2.35. The second-order valence-corrected chi connectivity index (χ2v) is 6.08. The summed E-state index contributed by atoms with van der Waals surface area (Å²) in [5.74, 6) is 0.139. The lowest BCUT2D eigenvalue weighted by molar-refractivity contribution is -0.142. The van der Waals surface area contributed by atoms with Crippen molar-refractivity contribution in [1.29, 1.82) is 0 Å². The van der Waals surface area contributed by atoms with Crippen molar-refractivity contribution < 1.29 is 9.53 Å². The molecule has 6 heteroatoms. The molecule has 1 aromatic rings. The molecule has 6 nitrogen and oxygen atoms in total. The van der Waals surface area contributed by atoms with Crippen LogP contribution in [-0.4, -0.2) is 58.5 Å². The van der Waals surface area contributed by atoms with Crippen LogP contribution >= 0.6 is 0 Å². The Labute approximate surface area is 126 Å². The average Bonchev–Trinajstić information content (AvgIpc) is 2.80. The van der Waals surface area contributed by atoms with Crippen molar-refractivity contribution in [3.63, 3.8) is 0 Å². The molecule has 0 saturated carbocycles. The first-order chi connectivity index (χ1) is 9.94. The van der Waals surface area contributed by atoms with Crippen LogP contribution in [0.1, 0.15) is 26.3 Å². The van der Waals surface area contributed by atoms with E-state index in [1.807, 2.05) is 42.7 Å². The van der Waals surface area contributed by atoms with Gasteiger partial charge in [-0.05, 0) is 33.3 Å². The maximum absolute atomic E-state index is 12.2. The normalized spacial score (nSPS) is 24.1. The lowest BCUT2D eigenvalue weighted by atomic mass is 10.2. The van der Waals surface area contributed by atoms with E-state index in [-0.39, 0.29) is 24.2 Å². The Morgan fingerprint density at radius 1 is 1.48 bits per heavy atom. The van der Waals surface area contributed by atoms with E-state index in [1.165, 1.54) is 0 Å². The van der Waals surface area contributed by atoms with Crippen LogP contribution in [0.4, 0.5) is 0 Å². The van der Waals surface area contributed by atoms with Crippen molar-refractivity contribution in [1.82, 2.24) is 20.0 Å². The number of nitrogens with zero attached hydrogens (tertiary/aromatic N) is 3. The van der Waals surface area contributed by atoms with E-state index >= 15 is 0 Å². The molecule has 0 spiro atoms. The number of amides is 1. The smallest absolute Gasteiger partial charge is 0.236 e. The Bertz CT molecular complexity index is 464. The van der Waals surface area contributed by atoms with Gasteiger partial charge in [0.1, 0.15) is 0 Å². The number of aryl methyl sites for hydroxylation is 1. The number of hydrogen-bond acceptors (Lipinski definition) is 4. The summed E-state index contributed by atoms with van der Waals surface area (Å²) in [4.78, 5) is 14.1. The minimum absolute atomic E-state index is 0.113. The monoisotopic (exact) mass is 294 g/mol. The number of carbonyl (C=O) groups is 1. The average molecular weight is 294 g/mol. The fourth-order valence-electron chi connectivity index (χ4n) is 2.67. The number of morpholine rings is 1. The molecule has 3 unspecified atom stereocenters. The molecular weight excluding hydrogens is 268 g/mol.